The smallest absolute Gasteiger partial charge is 0.178 e. The van der Waals surface area contributed by atoms with Crippen molar-refractivity contribution in [2.75, 3.05) is 0 Å². The van der Waals surface area contributed by atoms with Gasteiger partial charge in [0.05, 0.1) is 9.16 Å². The van der Waals surface area contributed by atoms with Gasteiger partial charge in [-0.2, -0.15) is 0 Å². The van der Waals surface area contributed by atoms with Crippen LogP contribution in [0.15, 0.2) is 6.07 Å². The van der Waals surface area contributed by atoms with Gasteiger partial charge in [-0.1, -0.05) is 46.8 Å². The van der Waals surface area contributed by atoms with Crippen LogP contribution in [-0.2, 0) is 5.41 Å². The molecule has 1 aromatic rings. The Morgan fingerprint density at radius 1 is 1.38 bits per heavy atom. The van der Waals surface area contributed by atoms with Gasteiger partial charge < -0.3 is 0 Å². The number of alkyl halides is 1. The minimum atomic E-state index is -0.0150. The highest BCUT2D eigenvalue weighted by Crippen LogP contribution is 2.54. The molecule has 1 nitrogen and oxygen atoms in total. The third kappa shape index (κ3) is 1.37. The molecule has 0 radical (unpaired) electrons. The van der Waals surface area contributed by atoms with Crippen LogP contribution in [0.2, 0.25) is 4.34 Å². The van der Waals surface area contributed by atoms with Gasteiger partial charge in [-0.05, 0) is 18.9 Å². The van der Waals surface area contributed by atoms with E-state index in [1.807, 2.05) is 6.07 Å². The molecule has 3 rings (SSSR count). The van der Waals surface area contributed by atoms with E-state index < -0.39 is 0 Å². The number of thiophene rings is 1. The summed E-state index contributed by atoms with van der Waals surface area (Å²) in [6, 6.07) is 1.85. The number of hydrogen-bond acceptors (Lipinski definition) is 2. The molecule has 0 saturated heterocycles. The third-order valence-electron chi connectivity index (χ3n) is 3.88. The van der Waals surface area contributed by atoms with Crippen LogP contribution in [0.3, 0.4) is 0 Å². The maximum absolute atomic E-state index is 12.2. The van der Waals surface area contributed by atoms with Crippen LogP contribution in [0.25, 0.3) is 0 Å². The molecule has 1 spiro atoms. The van der Waals surface area contributed by atoms with Crippen molar-refractivity contribution in [3.05, 3.63) is 20.8 Å². The average Bonchev–Trinajstić information content (AvgIpc) is 2.76. The standard InChI is InChI=1S/C12H12BrClOS/c13-10-9(15)7-6-8(14)16-11(7)12(10)4-2-1-3-5-12/h6,10H,1-5H2/t10-/m1/s1. The summed E-state index contributed by atoms with van der Waals surface area (Å²) in [5, 5.41) is 0. The second kappa shape index (κ2) is 3.82. The first-order chi connectivity index (χ1) is 7.65. The zero-order chi connectivity index (χ0) is 11.3. The lowest BCUT2D eigenvalue weighted by Crippen LogP contribution is -2.36. The number of rotatable bonds is 0. The maximum atomic E-state index is 12.2. The van der Waals surface area contributed by atoms with Gasteiger partial charge in [-0.3, -0.25) is 4.79 Å². The first-order valence-electron chi connectivity index (χ1n) is 5.63. The molecule has 2 aliphatic rings. The molecule has 86 valence electrons. The Hall–Kier alpha value is 0.140. The fourth-order valence-electron chi connectivity index (χ4n) is 3.08. The molecule has 4 heteroatoms. The van der Waals surface area contributed by atoms with Gasteiger partial charge in [-0.15, -0.1) is 11.3 Å². The van der Waals surface area contributed by atoms with E-state index in [0.717, 1.165) is 22.7 Å². The van der Waals surface area contributed by atoms with Crippen molar-refractivity contribution < 1.29 is 4.79 Å². The van der Waals surface area contributed by atoms with Crippen molar-refractivity contribution in [3.63, 3.8) is 0 Å². The van der Waals surface area contributed by atoms with Crippen LogP contribution in [0.1, 0.15) is 47.3 Å². The first kappa shape index (κ1) is 11.2. The van der Waals surface area contributed by atoms with E-state index in [0.29, 0.717) is 0 Å². The summed E-state index contributed by atoms with van der Waals surface area (Å²) >= 11 is 11.3. The molecule has 1 heterocycles. The van der Waals surface area contributed by atoms with Crippen molar-refractivity contribution in [1.82, 2.24) is 0 Å². The SMILES string of the molecule is O=C1c2cc(Cl)sc2C2(CCCCC2)[C@@H]1Br. The number of carbonyl (C=O) groups is 1. The van der Waals surface area contributed by atoms with Crippen LogP contribution < -0.4 is 0 Å². The molecule has 0 aromatic carbocycles. The molecule has 1 saturated carbocycles. The predicted octanol–water partition coefficient (Wildman–Crippen LogP) is 4.56. The molecule has 0 bridgehead atoms. The number of Topliss-reactive ketones (excluding diaryl/α,β-unsaturated/α-hetero) is 1. The van der Waals surface area contributed by atoms with Crippen LogP contribution in [0.5, 0.6) is 0 Å². The van der Waals surface area contributed by atoms with Gasteiger partial charge in [0.2, 0.25) is 0 Å². The van der Waals surface area contributed by atoms with Gasteiger partial charge >= 0.3 is 0 Å². The molecular formula is C12H12BrClOS. The predicted molar refractivity (Wildman–Crippen MR) is 71.1 cm³/mol. The molecule has 0 amide bonds. The zero-order valence-corrected chi connectivity index (χ0v) is 11.9. The minimum absolute atomic E-state index is 0.0150. The number of hydrogen-bond donors (Lipinski definition) is 0. The second-order valence-electron chi connectivity index (χ2n) is 4.74. The Bertz CT molecular complexity index is 448. The lowest BCUT2D eigenvalue weighted by Gasteiger charge is -2.35. The highest BCUT2D eigenvalue weighted by molar-refractivity contribution is 9.10. The van der Waals surface area contributed by atoms with E-state index in [1.165, 1.54) is 24.1 Å². The average molecular weight is 320 g/mol. The quantitative estimate of drug-likeness (QED) is 0.641. The number of ketones is 1. The topological polar surface area (TPSA) is 17.1 Å². The van der Waals surface area contributed by atoms with E-state index in [4.69, 9.17) is 11.6 Å². The van der Waals surface area contributed by atoms with Crippen molar-refractivity contribution in [2.24, 2.45) is 0 Å². The fourth-order valence-corrected chi connectivity index (χ4v) is 5.67. The van der Waals surface area contributed by atoms with Crippen molar-refractivity contribution >= 4 is 44.7 Å². The lowest BCUT2D eigenvalue weighted by molar-refractivity contribution is 0.0974. The number of carbonyl (C=O) groups excluding carboxylic acids is 1. The van der Waals surface area contributed by atoms with E-state index in [2.05, 4.69) is 15.9 Å². The number of fused-ring (bicyclic) bond motifs is 2. The summed E-state index contributed by atoms with van der Waals surface area (Å²) in [5.74, 6) is 0.236. The molecule has 0 N–H and O–H groups in total. The summed E-state index contributed by atoms with van der Waals surface area (Å²) in [5.41, 5.74) is 0.932. The van der Waals surface area contributed by atoms with E-state index in [1.54, 1.807) is 11.3 Å². The molecule has 1 atom stereocenters. The molecular weight excluding hydrogens is 308 g/mol. The highest BCUT2D eigenvalue weighted by Gasteiger charge is 2.52. The van der Waals surface area contributed by atoms with Gasteiger partial charge in [-0.25, -0.2) is 0 Å². The summed E-state index contributed by atoms with van der Waals surface area (Å²) in [7, 11) is 0. The van der Waals surface area contributed by atoms with Gasteiger partial charge in [0, 0.05) is 15.9 Å². The Morgan fingerprint density at radius 2 is 2.06 bits per heavy atom. The molecule has 1 aromatic heterocycles. The largest absolute Gasteiger partial charge is 0.293 e. The summed E-state index contributed by atoms with van der Waals surface area (Å²) in [4.78, 5) is 13.4. The second-order valence-corrected chi connectivity index (χ2v) is 7.34. The summed E-state index contributed by atoms with van der Waals surface area (Å²) in [6.45, 7) is 0. The molecule has 16 heavy (non-hydrogen) atoms. The van der Waals surface area contributed by atoms with E-state index in [-0.39, 0.29) is 16.0 Å². The van der Waals surface area contributed by atoms with Gasteiger partial charge in [0.1, 0.15) is 0 Å². The van der Waals surface area contributed by atoms with Crippen LogP contribution >= 0.6 is 38.9 Å². The normalized spacial score (nSPS) is 27.4. The fraction of sp³-hybridized carbons (Fsp3) is 0.583. The molecule has 0 unspecified atom stereocenters. The third-order valence-corrected chi connectivity index (χ3v) is 6.66. The Morgan fingerprint density at radius 3 is 2.75 bits per heavy atom. The molecule has 0 aliphatic heterocycles. The van der Waals surface area contributed by atoms with E-state index >= 15 is 0 Å². The highest BCUT2D eigenvalue weighted by atomic mass is 79.9. The van der Waals surface area contributed by atoms with Crippen LogP contribution in [-0.4, -0.2) is 10.6 Å². The van der Waals surface area contributed by atoms with E-state index in [9.17, 15) is 4.79 Å². The Labute approximate surface area is 112 Å². The van der Waals surface area contributed by atoms with Crippen molar-refractivity contribution in [1.29, 1.82) is 0 Å². The Kier molecular flexibility index (Phi) is 2.69. The summed E-state index contributed by atoms with van der Waals surface area (Å²) < 4.78 is 0.752. The molecule has 2 aliphatic carbocycles. The maximum Gasteiger partial charge on any atom is 0.178 e. The van der Waals surface area contributed by atoms with Crippen molar-refractivity contribution in [2.45, 2.75) is 42.3 Å². The minimum Gasteiger partial charge on any atom is -0.293 e. The Balaban J connectivity index is 2.14. The zero-order valence-electron chi connectivity index (χ0n) is 8.76. The van der Waals surface area contributed by atoms with Crippen molar-refractivity contribution in [3.8, 4) is 0 Å². The molecule has 1 fully saturated rings. The van der Waals surface area contributed by atoms with Gasteiger partial charge in [0.15, 0.2) is 5.78 Å². The summed E-state index contributed by atoms with van der Waals surface area (Å²) in [6.07, 6.45) is 6.00. The van der Waals surface area contributed by atoms with Crippen LogP contribution in [0, 0.1) is 0 Å². The monoisotopic (exact) mass is 318 g/mol. The number of halogens is 2. The van der Waals surface area contributed by atoms with Gasteiger partial charge in [0.25, 0.3) is 0 Å². The first-order valence-corrected chi connectivity index (χ1v) is 7.74. The van der Waals surface area contributed by atoms with Crippen LogP contribution in [0.4, 0.5) is 0 Å². The lowest BCUT2D eigenvalue weighted by atomic mass is 9.73.